The fraction of sp³-hybridized carbons (Fsp3) is 0.211. The molecule has 0 aliphatic carbocycles. The Morgan fingerprint density at radius 3 is 2.30 bits per heavy atom. The van der Waals surface area contributed by atoms with Crippen molar-refractivity contribution >= 4 is 39.8 Å². The lowest BCUT2D eigenvalue weighted by atomic mass is 10.1. The summed E-state index contributed by atoms with van der Waals surface area (Å²) in [5.41, 5.74) is 5.78. The molecule has 0 saturated carbocycles. The SMILES string of the molecule is Cc1c(N[C@@H](C(=O)NNC(=O)c2ccc([SH](=O)=O)cc2)[C@@H](C)O)ccc(C#N)c1Cl. The van der Waals surface area contributed by atoms with Crippen LogP contribution in [0.2, 0.25) is 5.02 Å². The molecule has 4 N–H and O–H groups in total. The first-order valence-electron chi connectivity index (χ1n) is 8.64. The molecule has 0 radical (unpaired) electrons. The van der Waals surface area contributed by atoms with Crippen molar-refractivity contribution in [2.75, 3.05) is 5.32 Å². The molecule has 0 fully saturated rings. The lowest BCUT2D eigenvalue weighted by molar-refractivity contribution is -0.124. The molecule has 9 nitrogen and oxygen atoms in total. The zero-order valence-corrected chi connectivity index (χ0v) is 17.6. The van der Waals surface area contributed by atoms with E-state index in [4.69, 9.17) is 16.9 Å². The minimum Gasteiger partial charge on any atom is -0.391 e. The van der Waals surface area contributed by atoms with Crippen LogP contribution in [0.5, 0.6) is 0 Å². The van der Waals surface area contributed by atoms with Crippen molar-refractivity contribution in [1.82, 2.24) is 10.9 Å². The van der Waals surface area contributed by atoms with Gasteiger partial charge in [0.05, 0.1) is 21.6 Å². The summed E-state index contributed by atoms with van der Waals surface area (Å²) in [6, 6.07) is 8.98. The van der Waals surface area contributed by atoms with Crippen molar-refractivity contribution in [1.29, 1.82) is 5.26 Å². The Labute approximate surface area is 179 Å². The van der Waals surface area contributed by atoms with Gasteiger partial charge in [-0.05, 0) is 55.8 Å². The van der Waals surface area contributed by atoms with Crippen LogP contribution < -0.4 is 16.2 Å². The fourth-order valence-corrected chi connectivity index (χ4v) is 3.10. The number of thiol groups is 1. The Kier molecular flexibility index (Phi) is 7.77. The first-order valence-corrected chi connectivity index (χ1v) is 10.2. The van der Waals surface area contributed by atoms with Gasteiger partial charge >= 0.3 is 0 Å². The summed E-state index contributed by atoms with van der Waals surface area (Å²) < 4.78 is 21.8. The monoisotopic (exact) mass is 450 g/mol. The Bertz CT molecular complexity index is 1070. The third-order valence-electron chi connectivity index (χ3n) is 4.22. The highest BCUT2D eigenvalue weighted by Gasteiger charge is 2.25. The smallest absolute Gasteiger partial charge is 0.269 e. The van der Waals surface area contributed by atoms with Gasteiger partial charge in [-0.15, -0.1) is 0 Å². The largest absolute Gasteiger partial charge is 0.391 e. The lowest BCUT2D eigenvalue weighted by Crippen LogP contribution is -2.52. The summed E-state index contributed by atoms with van der Waals surface area (Å²) >= 11 is 6.12. The van der Waals surface area contributed by atoms with Crippen molar-refractivity contribution in [2.45, 2.75) is 30.9 Å². The maximum Gasteiger partial charge on any atom is 0.269 e. The second-order valence-electron chi connectivity index (χ2n) is 6.32. The molecule has 2 atom stereocenters. The van der Waals surface area contributed by atoms with Gasteiger partial charge < -0.3 is 10.4 Å². The molecular weight excluding hydrogens is 432 g/mol. The second-order valence-corrected chi connectivity index (χ2v) is 7.73. The number of amides is 2. The van der Waals surface area contributed by atoms with Crippen LogP contribution in [-0.2, 0) is 15.5 Å². The van der Waals surface area contributed by atoms with Crippen LogP contribution in [0.15, 0.2) is 41.3 Å². The average molecular weight is 451 g/mol. The number of nitrogens with zero attached hydrogens (tertiary/aromatic N) is 1. The molecule has 0 heterocycles. The normalized spacial score (nSPS) is 12.5. The highest BCUT2D eigenvalue weighted by Crippen LogP contribution is 2.27. The molecule has 0 aliphatic heterocycles. The Morgan fingerprint density at radius 1 is 1.13 bits per heavy atom. The lowest BCUT2D eigenvalue weighted by Gasteiger charge is -2.23. The number of rotatable bonds is 6. The minimum absolute atomic E-state index is 0.0559. The number of nitrogens with one attached hydrogen (secondary N) is 3. The summed E-state index contributed by atoms with van der Waals surface area (Å²) in [5.74, 6) is -1.39. The first kappa shape index (κ1) is 23.2. The van der Waals surface area contributed by atoms with Crippen LogP contribution in [-0.4, -0.2) is 37.5 Å². The molecule has 0 bridgehead atoms. The van der Waals surface area contributed by atoms with Crippen LogP contribution in [0.4, 0.5) is 5.69 Å². The van der Waals surface area contributed by atoms with Crippen molar-refractivity contribution in [3.05, 3.63) is 58.1 Å². The number of benzene rings is 2. The predicted molar refractivity (Wildman–Crippen MR) is 111 cm³/mol. The summed E-state index contributed by atoms with van der Waals surface area (Å²) in [4.78, 5) is 24.7. The van der Waals surface area contributed by atoms with Crippen LogP contribution in [0.25, 0.3) is 0 Å². The molecule has 0 saturated heterocycles. The van der Waals surface area contributed by atoms with Crippen LogP contribution in [0.3, 0.4) is 0 Å². The molecule has 2 aromatic carbocycles. The van der Waals surface area contributed by atoms with Gasteiger partial charge in [0.25, 0.3) is 11.8 Å². The molecule has 30 heavy (non-hydrogen) atoms. The number of halogens is 1. The highest BCUT2D eigenvalue weighted by molar-refractivity contribution is 7.72. The molecule has 0 unspecified atom stereocenters. The number of anilines is 1. The highest BCUT2D eigenvalue weighted by atomic mass is 35.5. The number of carbonyl (C=O) groups excluding carboxylic acids is 2. The van der Waals surface area contributed by atoms with Gasteiger partial charge in [0.2, 0.25) is 0 Å². The Morgan fingerprint density at radius 2 is 1.77 bits per heavy atom. The van der Waals surface area contributed by atoms with Crippen LogP contribution in [0.1, 0.15) is 28.4 Å². The number of carbonyl (C=O) groups is 2. The molecule has 2 rings (SSSR count). The summed E-state index contributed by atoms with van der Waals surface area (Å²) in [5, 5.41) is 22.1. The van der Waals surface area contributed by atoms with E-state index in [1.807, 2.05) is 6.07 Å². The van der Waals surface area contributed by atoms with E-state index in [-0.39, 0.29) is 21.0 Å². The third-order valence-corrected chi connectivity index (χ3v) is 5.43. The van der Waals surface area contributed by atoms with Gasteiger partial charge in [-0.3, -0.25) is 20.4 Å². The summed E-state index contributed by atoms with van der Waals surface area (Å²) in [7, 11) is -2.76. The van der Waals surface area contributed by atoms with Gasteiger partial charge in [0.1, 0.15) is 12.1 Å². The maximum absolute atomic E-state index is 12.5. The minimum atomic E-state index is -2.76. The molecule has 158 valence electrons. The molecule has 11 heteroatoms. The standard InChI is InChI=1S/C19H19ClN4O5S/c1-10-15(8-5-13(9-21)16(10)20)22-17(11(2)25)19(27)24-23-18(26)12-3-6-14(7-4-12)30(28)29/h3-8,11,17,22,25,30H,1-2H3,(H,23,26)(H,24,27)/t11-,17-/m1/s1. The van der Waals surface area contributed by atoms with E-state index < -0.39 is 34.7 Å². The summed E-state index contributed by atoms with van der Waals surface area (Å²) in [6.07, 6.45) is -1.14. The van der Waals surface area contributed by atoms with E-state index in [0.717, 1.165) is 0 Å². The molecule has 0 spiro atoms. The third kappa shape index (κ3) is 5.48. The van der Waals surface area contributed by atoms with E-state index in [1.165, 1.54) is 37.3 Å². The van der Waals surface area contributed by atoms with E-state index in [2.05, 4.69) is 16.2 Å². The maximum atomic E-state index is 12.5. The zero-order valence-electron chi connectivity index (χ0n) is 16.0. The first-order chi connectivity index (χ1) is 14.1. The number of nitriles is 1. The van der Waals surface area contributed by atoms with E-state index in [1.54, 1.807) is 13.0 Å². The van der Waals surface area contributed by atoms with E-state index in [9.17, 15) is 23.1 Å². The Hall–Kier alpha value is -3.13. The molecule has 0 aliphatic rings. The molecule has 2 aromatic rings. The molecule has 2 amide bonds. The Balaban J connectivity index is 2.08. The van der Waals surface area contributed by atoms with Crippen molar-refractivity contribution < 1.29 is 23.1 Å². The van der Waals surface area contributed by atoms with Crippen LogP contribution >= 0.6 is 11.6 Å². The number of hydrazine groups is 1. The van der Waals surface area contributed by atoms with Gasteiger partial charge in [-0.2, -0.15) is 5.26 Å². The van der Waals surface area contributed by atoms with Gasteiger partial charge in [0.15, 0.2) is 10.7 Å². The summed E-state index contributed by atoms with van der Waals surface area (Å²) in [6.45, 7) is 3.05. The number of hydrogen-bond acceptors (Lipinski definition) is 7. The number of hydrogen-bond donors (Lipinski definition) is 5. The van der Waals surface area contributed by atoms with Gasteiger partial charge in [-0.25, -0.2) is 8.42 Å². The molecule has 0 aromatic heterocycles. The van der Waals surface area contributed by atoms with Gasteiger partial charge in [0, 0.05) is 11.3 Å². The average Bonchev–Trinajstić information content (AvgIpc) is 2.72. The fourth-order valence-electron chi connectivity index (χ4n) is 2.50. The predicted octanol–water partition coefficient (Wildman–Crippen LogP) is 1.11. The van der Waals surface area contributed by atoms with Gasteiger partial charge in [-0.1, -0.05) is 11.6 Å². The second kappa shape index (κ2) is 10.1. The van der Waals surface area contributed by atoms with Crippen LogP contribution in [0, 0.1) is 18.3 Å². The van der Waals surface area contributed by atoms with Crippen molar-refractivity contribution in [3.8, 4) is 6.07 Å². The molecular formula is C19H19ClN4O5S. The quantitative estimate of drug-likeness (QED) is 0.327. The van der Waals surface area contributed by atoms with E-state index >= 15 is 0 Å². The number of aliphatic hydroxyl groups is 1. The topological polar surface area (TPSA) is 148 Å². The zero-order chi connectivity index (χ0) is 22.4. The van der Waals surface area contributed by atoms with Crippen molar-refractivity contribution in [2.24, 2.45) is 0 Å². The van der Waals surface area contributed by atoms with E-state index in [0.29, 0.717) is 11.3 Å². The number of aliphatic hydroxyl groups excluding tert-OH is 1. The van der Waals surface area contributed by atoms with Crippen molar-refractivity contribution in [3.63, 3.8) is 0 Å².